The van der Waals surface area contributed by atoms with Gasteiger partial charge in [0.15, 0.2) is 0 Å². The molecule has 168 valence electrons. The van der Waals surface area contributed by atoms with Crippen molar-refractivity contribution in [1.82, 2.24) is 10.2 Å². The lowest BCUT2D eigenvalue weighted by Gasteiger charge is -2.42. The smallest absolute Gasteiger partial charge is 0.319 e. The van der Waals surface area contributed by atoms with Crippen LogP contribution in [-0.2, 0) is 0 Å². The summed E-state index contributed by atoms with van der Waals surface area (Å²) in [6, 6.07) is 17.7. The number of nitrogens with zero attached hydrogens (tertiary/aromatic N) is 2. The maximum absolute atomic E-state index is 14.2. The van der Waals surface area contributed by atoms with Gasteiger partial charge in [-0.15, -0.1) is 11.3 Å². The van der Waals surface area contributed by atoms with Crippen LogP contribution in [0.15, 0.2) is 66.0 Å². The van der Waals surface area contributed by atoms with Crippen molar-refractivity contribution in [1.29, 1.82) is 0 Å². The summed E-state index contributed by atoms with van der Waals surface area (Å²) >= 11 is 7.70. The first-order chi connectivity index (χ1) is 15.5. The summed E-state index contributed by atoms with van der Waals surface area (Å²) in [4.78, 5) is 18.3. The van der Waals surface area contributed by atoms with E-state index in [0.717, 1.165) is 26.2 Å². The minimum atomic E-state index is -0.272. The van der Waals surface area contributed by atoms with Crippen molar-refractivity contribution < 1.29 is 9.18 Å². The van der Waals surface area contributed by atoms with Crippen molar-refractivity contribution in [3.05, 3.63) is 81.8 Å². The summed E-state index contributed by atoms with van der Waals surface area (Å²) in [6.07, 6.45) is 0. The third kappa shape index (κ3) is 5.41. The minimum absolute atomic E-state index is 0.0304. The molecule has 2 amide bonds. The highest BCUT2D eigenvalue weighted by Gasteiger charge is 2.31. The Morgan fingerprint density at radius 2 is 1.84 bits per heavy atom. The summed E-state index contributed by atoms with van der Waals surface area (Å²) in [5.74, 6) is -0.191. The number of carbonyl (C=O) groups is 1. The molecular weight excluding hydrogens is 447 g/mol. The van der Waals surface area contributed by atoms with Crippen molar-refractivity contribution in [3.63, 3.8) is 0 Å². The average molecular weight is 473 g/mol. The quantitative estimate of drug-likeness (QED) is 0.490. The Balaban J connectivity index is 1.43. The monoisotopic (exact) mass is 472 g/mol. The number of para-hydroxylation sites is 1. The molecule has 3 aromatic rings. The van der Waals surface area contributed by atoms with Gasteiger partial charge in [-0.05, 0) is 48.7 Å². The molecule has 2 unspecified atom stereocenters. The largest absolute Gasteiger partial charge is 0.367 e. The van der Waals surface area contributed by atoms with Crippen LogP contribution in [0.2, 0.25) is 5.02 Å². The predicted octanol–water partition coefficient (Wildman–Crippen LogP) is 5.61. The van der Waals surface area contributed by atoms with Gasteiger partial charge in [-0.3, -0.25) is 4.90 Å². The molecule has 2 heterocycles. The number of urea groups is 1. The Morgan fingerprint density at radius 3 is 2.53 bits per heavy atom. The fraction of sp³-hybridized carbons (Fsp3) is 0.292. The van der Waals surface area contributed by atoms with Gasteiger partial charge in [-0.2, -0.15) is 0 Å². The second-order valence-corrected chi connectivity index (χ2v) is 9.25. The number of piperazine rings is 1. The van der Waals surface area contributed by atoms with Crippen molar-refractivity contribution in [2.45, 2.75) is 19.0 Å². The van der Waals surface area contributed by atoms with E-state index in [2.05, 4.69) is 31.9 Å². The van der Waals surface area contributed by atoms with Gasteiger partial charge in [0.25, 0.3) is 0 Å². The highest BCUT2D eigenvalue weighted by molar-refractivity contribution is 7.10. The number of rotatable bonds is 6. The lowest BCUT2D eigenvalue weighted by molar-refractivity contribution is 0.157. The van der Waals surface area contributed by atoms with Crippen molar-refractivity contribution in [3.8, 4) is 0 Å². The lowest BCUT2D eigenvalue weighted by Crippen LogP contribution is -2.52. The lowest BCUT2D eigenvalue weighted by atomic mass is 10.0. The van der Waals surface area contributed by atoms with Crippen LogP contribution in [0.4, 0.5) is 20.6 Å². The molecule has 4 rings (SSSR count). The molecule has 2 aromatic carbocycles. The molecule has 2 N–H and O–H groups in total. The van der Waals surface area contributed by atoms with Crippen LogP contribution in [-0.4, -0.2) is 43.2 Å². The van der Waals surface area contributed by atoms with Crippen molar-refractivity contribution >= 4 is 40.3 Å². The summed E-state index contributed by atoms with van der Waals surface area (Å²) in [7, 11) is 0. The topological polar surface area (TPSA) is 47.6 Å². The first-order valence-corrected chi connectivity index (χ1v) is 11.9. The molecular formula is C24H26ClFN4OS. The SMILES string of the molecule is CC(NC(=O)Nc1cccc(Cl)c1)C(c1cccs1)N1CCN(c2ccccc2F)CC1. The van der Waals surface area contributed by atoms with Gasteiger partial charge in [0, 0.05) is 47.8 Å². The molecule has 0 aliphatic carbocycles. The van der Waals surface area contributed by atoms with Crippen LogP contribution in [0.5, 0.6) is 0 Å². The molecule has 0 bridgehead atoms. The van der Waals surface area contributed by atoms with Gasteiger partial charge in [0.2, 0.25) is 0 Å². The van der Waals surface area contributed by atoms with Gasteiger partial charge in [-0.1, -0.05) is 35.9 Å². The molecule has 1 aliphatic rings. The Kier molecular flexibility index (Phi) is 7.29. The molecule has 32 heavy (non-hydrogen) atoms. The Morgan fingerprint density at radius 1 is 1.06 bits per heavy atom. The maximum atomic E-state index is 14.2. The van der Waals surface area contributed by atoms with E-state index in [1.54, 1.807) is 41.7 Å². The van der Waals surface area contributed by atoms with Crippen LogP contribution in [0.25, 0.3) is 0 Å². The summed E-state index contributed by atoms with van der Waals surface area (Å²) in [6.45, 7) is 5.03. The van der Waals surface area contributed by atoms with Gasteiger partial charge < -0.3 is 15.5 Å². The summed E-state index contributed by atoms with van der Waals surface area (Å²) in [5.41, 5.74) is 1.29. The molecule has 1 aliphatic heterocycles. The second-order valence-electron chi connectivity index (χ2n) is 7.83. The third-order valence-electron chi connectivity index (χ3n) is 5.65. The molecule has 1 aromatic heterocycles. The second kappa shape index (κ2) is 10.3. The average Bonchev–Trinajstić information content (AvgIpc) is 3.29. The predicted molar refractivity (Wildman–Crippen MR) is 130 cm³/mol. The highest BCUT2D eigenvalue weighted by Crippen LogP contribution is 2.30. The molecule has 2 atom stereocenters. The number of halogens is 2. The Hall–Kier alpha value is -2.61. The summed E-state index contributed by atoms with van der Waals surface area (Å²) in [5, 5.41) is 8.56. The number of hydrogen-bond donors (Lipinski definition) is 2. The van der Waals surface area contributed by atoms with Crippen LogP contribution < -0.4 is 15.5 Å². The zero-order valence-corrected chi connectivity index (χ0v) is 19.4. The van der Waals surface area contributed by atoms with E-state index in [9.17, 15) is 9.18 Å². The molecule has 1 saturated heterocycles. The number of benzene rings is 2. The molecule has 0 radical (unpaired) electrons. The van der Waals surface area contributed by atoms with Crippen LogP contribution in [0.3, 0.4) is 0 Å². The first-order valence-electron chi connectivity index (χ1n) is 10.6. The van der Waals surface area contributed by atoms with Gasteiger partial charge in [0.05, 0.1) is 11.7 Å². The van der Waals surface area contributed by atoms with E-state index < -0.39 is 0 Å². The van der Waals surface area contributed by atoms with Crippen molar-refractivity contribution in [2.75, 3.05) is 36.4 Å². The van der Waals surface area contributed by atoms with E-state index in [0.29, 0.717) is 16.4 Å². The Labute approximate surface area is 196 Å². The number of amides is 2. The maximum Gasteiger partial charge on any atom is 0.319 e. The Bertz CT molecular complexity index is 1040. The fourth-order valence-electron chi connectivity index (χ4n) is 4.17. The van der Waals surface area contributed by atoms with Gasteiger partial charge in [-0.25, -0.2) is 9.18 Å². The van der Waals surface area contributed by atoms with Crippen molar-refractivity contribution in [2.24, 2.45) is 0 Å². The van der Waals surface area contributed by atoms with E-state index in [-0.39, 0.29) is 23.9 Å². The van der Waals surface area contributed by atoms with E-state index in [1.807, 2.05) is 25.1 Å². The normalized spacial score (nSPS) is 16.4. The van der Waals surface area contributed by atoms with E-state index in [1.165, 1.54) is 10.9 Å². The minimum Gasteiger partial charge on any atom is -0.367 e. The fourth-order valence-corrected chi connectivity index (χ4v) is 5.32. The summed E-state index contributed by atoms with van der Waals surface area (Å²) < 4.78 is 14.2. The zero-order valence-electron chi connectivity index (χ0n) is 17.8. The first kappa shape index (κ1) is 22.6. The molecule has 0 saturated carbocycles. The van der Waals surface area contributed by atoms with E-state index in [4.69, 9.17) is 11.6 Å². The van der Waals surface area contributed by atoms with Crippen LogP contribution in [0, 0.1) is 5.82 Å². The third-order valence-corrected chi connectivity index (χ3v) is 6.83. The standard InChI is InChI=1S/C24H26ClFN4OS/c1-17(27-24(31)28-19-7-4-6-18(25)16-19)23(22-10-5-15-32-22)30-13-11-29(12-14-30)21-9-3-2-8-20(21)26/h2-10,15-17,23H,11-14H2,1H3,(H2,27,28,31). The van der Waals surface area contributed by atoms with Crippen LogP contribution in [0.1, 0.15) is 17.8 Å². The number of nitrogens with one attached hydrogen (secondary N) is 2. The zero-order chi connectivity index (χ0) is 22.5. The van der Waals surface area contributed by atoms with Gasteiger partial charge >= 0.3 is 6.03 Å². The van der Waals surface area contributed by atoms with Gasteiger partial charge in [0.1, 0.15) is 5.82 Å². The number of carbonyl (C=O) groups excluding carboxylic acids is 1. The molecule has 8 heteroatoms. The molecule has 5 nitrogen and oxygen atoms in total. The number of anilines is 2. The number of thiophene rings is 1. The molecule has 1 fully saturated rings. The number of hydrogen-bond acceptors (Lipinski definition) is 4. The molecule has 0 spiro atoms. The highest BCUT2D eigenvalue weighted by atomic mass is 35.5. The van der Waals surface area contributed by atoms with E-state index >= 15 is 0 Å². The van der Waals surface area contributed by atoms with Crippen LogP contribution >= 0.6 is 22.9 Å².